The number of halogens is 3. The van der Waals surface area contributed by atoms with E-state index in [4.69, 9.17) is 11.6 Å². The van der Waals surface area contributed by atoms with Gasteiger partial charge in [-0.1, -0.05) is 39.7 Å². The highest BCUT2D eigenvalue weighted by atomic mass is 79.9. The van der Waals surface area contributed by atoms with E-state index < -0.39 is 0 Å². The molecule has 0 aliphatic heterocycles. The Morgan fingerprint density at radius 1 is 1.17 bits per heavy atom. The first kappa shape index (κ1) is 13.2. The fourth-order valence-electron chi connectivity index (χ4n) is 1.60. The summed E-state index contributed by atoms with van der Waals surface area (Å²) in [5, 5.41) is 0.506. The molecule has 0 aliphatic carbocycles. The number of hydrogen-bond donors (Lipinski definition) is 0. The van der Waals surface area contributed by atoms with Gasteiger partial charge in [0.05, 0.1) is 0 Å². The lowest BCUT2D eigenvalue weighted by Crippen LogP contribution is -2.03. The summed E-state index contributed by atoms with van der Waals surface area (Å²) in [7, 11) is 0. The van der Waals surface area contributed by atoms with Gasteiger partial charge < -0.3 is 0 Å². The van der Waals surface area contributed by atoms with Gasteiger partial charge in [-0.25, -0.2) is 4.39 Å². The monoisotopic (exact) mass is 326 g/mol. The summed E-state index contributed by atoms with van der Waals surface area (Å²) < 4.78 is 13.5. The molecule has 2 aromatic carbocycles. The van der Waals surface area contributed by atoms with Crippen LogP contribution in [0.2, 0.25) is 5.02 Å². The van der Waals surface area contributed by atoms with Gasteiger partial charge in [0.15, 0.2) is 5.78 Å². The predicted octanol–water partition coefficient (Wildman–Crippen LogP) is 4.67. The van der Waals surface area contributed by atoms with E-state index in [0.717, 1.165) is 10.0 Å². The molecule has 0 heterocycles. The van der Waals surface area contributed by atoms with E-state index in [9.17, 15) is 9.18 Å². The van der Waals surface area contributed by atoms with Crippen molar-refractivity contribution in [3.8, 4) is 0 Å². The minimum atomic E-state index is -0.309. The average molecular weight is 328 g/mol. The molecule has 18 heavy (non-hydrogen) atoms. The van der Waals surface area contributed by atoms with E-state index in [0.29, 0.717) is 10.6 Å². The summed E-state index contributed by atoms with van der Waals surface area (Å²) in [4.78, 5) is 12.0. The number of hydrogen-bond acceptors (Lipinski definition) is 1. The lowest BCUT2D eigenvalue weighted by atomic mass is 10.0. The standard InChI is InChI=1S/C14H9BrClFO/c15-11-6-10(7-12(16)8-11)14(18)5-9-1-3-13(17)4-2-9/h1-4,6-8H,5H2. The summed E-state index contributed by atoms with van der Waals surface area (Å²) in [6.45, 7) is 0. The molecule has 0 N–H and O–H groups in total. The molecular formula is C14H9BrClFO. The van der Waals surface area contributed by atoms with Crippen LogP contribution in [0.4, 0.5) is 4.39 Å². The van der Waals surface area contributed by atoms with Crippen molar-refractivity contribution in [3.63, 3.8) is 0 Å². The van der Waals surface area contributed by atoms with Crippen LogP contribution in [0.5, 0.6) is 0 Å². The Balaban J connectivity index is 2.19. The fourth-order valence-corrected chi connectivity index (χ4v) is 2.46. The van der Waals surface area contributed by atoms with Crippen molar-refractivity contribution in [2.24, 2.45) is 0 Å². The van der Waals surface area contributed by atoms with Crippen LogP contribution in [0.15, 0.2) is 46.9 Å². The van der Waals surface area contributed by atoms with E-state index in [1.165, 1.54) is 12.1 Å². The number of carbonyl (C=O) groups excluding carboxylic acids is 1. The van der Waals surface area contributed by atoms with Crippen molar-refractivity contribution >= 4 is 33.3 Å². The highest BCUT2D eigenvalue weighted by Crippen LogP contribution is 2.20. The Morgan fingerprint density at radius 2 is 1.83 bits per heavy atom. The Hall–Kier alpha value is -1.19. The number of rotatable bonds is 3. The zero-order valence-electron chi connectivity index (χ0n) is 9.29. The van der Waals surface area contributed by atoms with Crippen molar-refractivity contribution in [3.05, 3.63) is 68.9 Å². The molecule has 0 saturated heterocycles. The van der Waals surface area contributed by atoms with Crippen LogP contribution in [-0.4, -0.2) is 5.78 Å². The van der Waals surface area contributed by atoms with Crippen molar-refractivity contribution in [2.45, 2.75) is 6.42 Å². The molecule has 2 aromatic rings. The highest BCUT2D eigenvalue weighted by molar-refractivity contribution is 9.10. The van der Waals surface area contributed by atoms with E-state index in [-0.39, 0.29) is 18.0 Å². The molecule has 0 aliphatic rings. The second-order valence-electron chi connectivity index (χ2n) is 3.88. The molecule has 4 heteroatoms. The first-order valence-electron chi connectivity index (χ1n) is 5.28. The van der Waals surface area contributed by atoms with Crippen molar-refractivity contribution < 1.29 is 9.18 Å². The van der Waals surface area contributed by atoms with E-state index >= 15 is 0 Å². The molecular weight excluding hydrogens is 319 g/mol. The van der Waals surface area contributed by atoms with Crippen LogP contribution >= 0.6 is 27.5 Å². The maximum absolute atomic E-state index is 12.7. The molecule has 1 nitrogen and oxygen atoms in total. The van der Waals surface area contributed by atoms with Gasteiger partial charge in [-0.2, -0.15) is 0 Å². The summed E-state index contributed by atoms with van der Waals surface area (Å²) >= 11 is 9.18. The van der Waals surface area contributed by atoms with E-state index in [1.54, 1.807) is 30.3 Å². The van der Waals surface area contributed by atoms with Gasteiger partial charge in [0.25, 0.3) is 0 Å². The van der Waals surface area contributed by atoms with Crippen molar-refractivity contribution in [1.29, 1.82) is 0 Å². The van der Waals surface area contributed by atoms with Gasteiger partial charge in [0, 0.05) is 21.5 Å². The Kier molecular flexibility index (Phi) is 4.15. The third-order valence-electron chi connectivity index (χ3n) is 2.46. The Labute approximate surface area is 118 Å². The molecule has 0 fully saturated rings. The molecule has 0 unspecified atom stereocenters. The van der Waals surface area contributed by atoms with Gasteiger partial charge in [0.1, 0.15) is 5.82 Å². The SMILES string of the molecule is O=C(Cc1ccc(F)cc1)c1cc(Cl)cc(Br)c1. The molecule has 0 aromatic heterocycles. The predicted molar refractivity (Wildman–Crippen MR) is 73.6 cm³/mol. The Bertz CT molecular complexity index is 561. The van der Waals surface area contributed by atoms with Gasteiger partial charge in [-0.3, -0.25) is 4.79 Å². The molecule has 2 rings (SSSR count). The largest absolute Gasteiger partial charge is 0.294 e. The lowest BCUT2D eigenvalue weighted by molar-refractivity contribution is 0.0993. The van der Waals surface area contributed by atoms with Crippen LogP contribution in [0.25, 0.3) is 0 Å². The zero-order chi connectivity index (χ0) is 13.1. The normalized spacial score (nSPS) is 10.4. The topological polar surface area (TPSA) is 17.1 Å². The van der Waals surface area contributed by atoms with Gasteiger partial charge in [0.2, 0.25) is 0 Å². The quantitative estimate of drug-likeness (QED) is 0.749. The molecule has 0 radical (unpaired) electrons. The smallest absolute Gasteiger partial charge is 0.167 e. The summed E-state index contributed by atoms with van der Waals surface area (Å²) in [6, 6.07) is 11.0. The number of ketones is 1. The third-order valence-corrected chi connectivity index (χ3v) is 3.14. The van der Waals surface area contributed by atoms with Crippen LogP contribution < -0.4 is 0 Å². The van der Waals surface area contributed by atoms with Crippen LogP contribution in [0, 0.1) is 5.82 Å². The van der Waals surface area contributed by atoms with Crippen molar-refractivity contribution in [1.82, 2.24) is 0 Å². The van der Waals surface area contributed by atoms with Gasteiger partial charge in [-0.05, 0) is 35.9 Å². The number of benzene rings is 2. The van der Waals surface area contributed by atoms with E-state index in [1.807, 2.05) is 0 Å². The zero-order valence-corrected chi connectivity index (χ0v) is 11.6. The molecule has 0 bridgehead atoms. The molecule has 0 saturated carbocycles. The molecule has 0 spiro atoms. The minimum absolute atomic E-state index is 0.0511. The molecule has 0 atom stereocenters. The second-order valence-corrected chi connectivity index (χ2v) is 5.24. The maximum Gasteiger partial charge on any atom is 0.167 e. The Morgan fingerprint density at radius 3 is 2.44 bits per heavy atom. The first-order chi connectivity index (χ1) is 8.54. The van der Waals surface area contributed by atoms with E-state index in [2.05, 4.69) is 15.9 Å². The summed E-state index contributed by atoms with van der Waals surface area (Å²) in [6.07, 6.45) is 0.229. The number of Topliss-reactive ketones (excluding diaryl/α,β-unsaturated/α-hetero) is 1. The average Bonchev–Trinajstić information content (AvgIpc) is 2.31. The summed E-state index contributed by atoms with van der Waals surface area (Å²) in [5.41, 5.74) is 1.32. The highest BCUT2D eigenvalue weighted by Gasteiger charge is 2.09. The number of carbonyl (C=O) groups is 1. The van der Waals surface area contributed by atoms with Gasteiger partial charge in [-0.15, -0.1) is 0 Å². The maximum atomic E-state index is 12.7. The lowest BCUT2D eigenvalue weighted by Gasteiger charge is -2.03. The van der Waals surface area contributed by atoms with Gasteiger partial charge >= 0.3 is 0 Å². The first-order valence-corrected chi connectivity index (χ1v) is 6.45. The molecule has 92 valence electrons. The van der Waals surface area contributed by atoms with Crippen molar-refractivity contribution in [2.75, 3.05) is 0 Å². The minimum Gasteiger partial charge on any atom is -0.294 e. The second kappa shape index (κ2) is 5.63. The van der Waals surface area contributed by atoms with Crippen LogP contribution in [0.3, 0.4) is 0 Å². The molecule has 0 amide bonds. The van der Waals surface area contributed by atoms with Crippen LogP contribution in [0.1, 0.15) is 15.9 Å². The van der Waals surface area contributed by atoms with Crippen LogP contribution in [-0.2, 0) is 6.42 Å². The third kappa shape index (κ3) is 3.40. The summed E-state index contributed by atoms with van der Waals surface area (Å²) in [5.74, 6) is -0.360. The fraction of sp³-hybridized carbons (Fsp3) is 0.0714.